The van der Waals surface area contributed by atoms with Crippen molar-refractivity contribution in [3.8, 4) is 0 Å². The van der Waals surface area contributed by atoms with E-state index in [-0.39, 0.29) is 16.9 Å². The third-order valence-corrected chi connectivity index (χ3v) is 4.71. The van der Waals surface area contributed by atoms with Gasteiger partial charge in [0.2, 0.25) is 10.0 Å². The number of benzene rings is 1. The van der Waals surface area contributed by atoms with Gasteiger partial charge in [0.05, 0.1) is 11.5 Å². The van der Waals surface area contributed by atoms with Crippen LogP contribution in [0.4, 0.5) is 5.69 Å². The van der Waals surface area contributed by atoms with Crippen LogP contribution in [0.25, 0.3) is 0 Å². The van der Waals surface area contributed by atoms with Crippen LogP contribution in [0, 0.1) is 12.8 Å². The summed E-state index contributed by atoms with van der Waals surface area (Å²) in [6, 6.07) is 4.61. The maximum absolute atomic E-state index is 12.4. The minimum Gasteiger partial charge on any atom is -0.398 e. The number of sulfonamides is 1. The van der Waals surface area contributed by atoms with Crippen molar-refractivity contribution < 1.29 is 13.2 Å². The highest BCUT2D eigenvalue weighted by Gasteiger charge is 2.24. The van der Waals surface area contributed by atoms with Crippen molar-refractivity contribution in [1.29, 1.82) is 0 Å². The van der Waals surface area contributed by atoms with Crippen LogP contribution < -0.4 is 10.5 Å². The van der Waals surface area contributed by atoms with Crippen molar-refractivity contribution in [3.63, 3.8) is 0 Å². The second-order valence-electron chi connectivity index (χ2n) is 4.90. The maximum Gasteiger partial charge on any atom is 0.241 e. The lowest BCUT2D eigenvalue weighted by atomic mass is 10.1. The van der Waals surface area contributed by atoms with Crippen molar-refractivity contribution in [3.05, 3.63) is 23.8 Å². The lowest BCUT2D eigenvalue weighted by molar-refractivity contribution is 0.157. The zero-order valence-electron chi connectivity index (χ0n) is 11.8. The molecule has 0 bridgehead atoms. The number of nitrogens with one attached hydrogen (secondary N) is 1. The van der Waals surface area contributed by atoms with E-state index in [0.717, 1.165) is 0 Å². The van der Waals surface area contributed by atoms with Gasteiger partial charge in [0.25, 0.3) is 0 Å². The summed E-state index contributed by atoms with van der Waals surface area (Å²) < 4.78 is 32.5. The van der Waals surface area contributed by atoms with Gasteiger partial charge in [-0.2, -0.15) is 0 Å². The minimum atomic E-state index is -3.59. The molecule has 0 aliphatic carbocycles. The predicted molar refractivity (Wildman–Crippen MR) is 76.4 cm³/mol. The molecule has 0 saturated carbocycles. The van der Waals surface area contributed by atoms with E-state index in [9.17, 15) is 8.42 Å². The molecule has 0 fully saturated rings. The Morgan fingerprint density at radius 1 is 1.37 bits per heavy atom. The quantitative estimate of drug-likeness (QED) is 0.777. The molecule has 0 saturated heterocycles. The summed E-state index contributed by atoms with van der Waals surface area (Å²) in [6.45, 7) is 5.92. The highest BCUT2D eigenvalue weighted by atomic mass is 32.2. The number of hydrogen-bond donors (Lipinski definition) is 2. The SMILES string of the molecule is COCC(NS(=O)(=O)c1cccc(N)c1C)C(C)C. The summed E-state index contributed by atoms with van der Waals surface area (Å²) in [5.74, 6) is 0.135. The molecule has 1 atom stereocenters. The summed E-state index contributed by atoms with van der Waals surface area (Å²) in [4.78, 5) is 0.217. The van der Waals surface area contributed by atoms with Crippen LogP contribution in [0.3, 0.4) is 0 Å². The van der Waals surface area contributed by atoms with Gasteiger partial charge in [-0.05, 0) is 30.5 Å². The molecule has 0 aliphatic rings. The van der Waals surface area contributed by atoms with Gasteiger partial charge in [0.15, 0.2) is 0 Å². The monoisotopic (exact) mass is 286 g/mol. The van der Waals surface area contributed by atoms with Crippen LogP contribution in [0.2, 0.25) is 0 Å². The molecule has 0 amide bonds. The lowest BCUT2D eigenvalue weighted by Crippen LogP contribution is -2.41. The average molecular weight is 286 g/mol. The van der Waals surface area contributed by atoms with Crippen LogP contribution >= 0.6 is 0 Å². The van der Waals surface area contributed by atoms with Gasteiger partial charge in [-0.15, -0.1) is 0 Å². The number of nitrogens with two attached hydrogens (primary N) is 1. The molecule has 0 aliphatic heterocycles. The van der Waals surface area contributed by atoms with Crippen molar-refractivity contribution in [1.82, 2.24) is 4.72 Å². The van der Waals surface area contributed by atoms with Crippen LogP contribution in [0.15, 0.2) is 23.1 Å². The Bertz CT molecular complexity index is 527. The van der Waals surface area contributed by atoms with Gasteiger partial charge in [-0.1, -0.05) is 19.9 Å². The van der Waals surface area contributed by atoms with Gasteiger partial charge < -0.3 is 10.5 Å². The lowest BCUT2D eigenvalue weighted by Gasteiger charge is -2.22. The summed E-state index contributed by atoms with van der Waals surface area (Å²) >= 11 is 0. The summed E-state index contributed by atoms with van der Waals surface area (Å²) in [5, 5.41) is 0. The molecule has 1 rings (SSSR count). The third-order valence-electron chi connectivity index (χ3n) is 3.07. The van der Waals surface area contributed by atoms with E-state index < -0.39 is 10.0 Å². The third kappa shape index (κ3) is 3.92. The second-order valence-corrected chi connectivity index (χ2v) is 6.58. The van der Waals surface area contributed by atoms with Crippen LogP contribution in [0.1, 0.15) is 19.4 Å². The predicted octanol–water partition coefficient (Wildman–Crippen LogP) is 1.53. The fourth-order valence-corrected chi connectivity index (χ4v) is 3.37. The van der Waals surface area contributed by atoms with E-state index in [0.29, 0.717) is 17.9 Å². The zero-order chi connectivity index (χ0) is 14.6. The smallest absolute Gasteiger partial charge is 0.241 e. The topological polar surface area (TPSA) is 81.4 Å². The second kappa shape index (κ2) is 6.36. The highest BCUT2D eigenvalue weighted by molar-refractivity contribution is 7.89. The normalized spacial score (nSPS) is 13.7. The molecular formula is C13H22N2O3S. The molecule has 1 unspecified atom stereocenters. The van der Waals surface area contributed by atoms with Crippen LogP contribution in [-0.2, 0) is 14.8 Å². The molecule has 108 valence electrons. The molecule has 0 heterocycles. The molecule has 0 aromatic heterocycles. The molecule has 0 spiro atoms. The van der Waals surface area contributed by atoms with Crippen LogP contribution in [0.5, 0.6) is 0 Å². The number of hydrogen-bond acceptors (Lipinski definition) is 4. The number of methoxy groups -OCH3 is 1. The standard InChI is InChI=1S/C13H22N2O3S/c1-9(2)12(8-18-4)15-19(16,17)13-7-5-6-11(14)10(13)3/h5-7,9,12,15H,8,14H2,1-4H3. The van der Waals surface area contributed by atoms with Gasteiger partial charge in [0, 0.05) is 18.8 Å². The first-order valence-corrected chi connectivity index (χ1v) is 7.64. The van der Waals surface area contributed by atoms with Gasteiger partial charge in [0.1, 0.15) is 0 Å². The Labute approximate surface area is 115 Å². The van der Waals surface area contributed by atoms with Crippen molar-refractivity contribution in [2.75, 3.05) is 19.5 Å². The Hall–Kier alpha value is -1.11. The molecule has 1 aromatic rings. The Balaban J connectivity index is 3.07. The van der Waals surface area contributed by atoms with E-state index in [1.54, 1.807) is 32.2 Å². The first-order chi connectivity index (χ1) is 8.79. The summed E-state index contributed by atoms with van der Waals surface area (Å²) in [6.07, 6.45) is 0. The number of anilines is 1. The van der Waals surface area contributed by atoms with Gasteiger partial charge >= 0.3 is 0 Å². The molecule has 19 heavy (non-hydrogen) atoms. The first kappa shape index (κ1) is 15.9. The Morgan fingerprint density at radius 3 is 2.53 bits per heavy atom. The van der Waals surface area contributed by atoms with E-state index in [1.807, 2.05) is 13.8 Å². The van der Waals surface area contributed by atoms with Gasteiger partial charge in [-0.3, -0.25) is 0 Å². The molecule has 6 heteroatoms. The fourth-order valence-electron chi connectivity index (χ4n) is 1.73. The number of rotatable bonds is 6. The first-order valence-electron chi connectivity index (χ1n) is 6.16. The molecular weight excluding hydrogens is 264 g/mol. The molecule has 0 radical (unpaired) electrons. The van der Waals surface area contributed by atoms with Crippen molar-refractivity contribution >= 4 is 15.7 Å². The molecule has 3 N–H and O–H groups in total. The number of nitrogen functional groups attached to an aromatic ring is 1. The van der Waals surface area contributed by atoms with Gasteiger partial charge in [-0.25, -0.2) is 13.1 Å². The molecule has 5 nitrogen and oxygen atoms in total. The zero-order valence-corrected chi connectivity index (χ0v) is 12.6. The van der Waals surface area contributed by atoms with Crippen molar-refractivity contribution in [2.24, 2.45) is 5.92 Å². The van der Waals surface area contributed by atoms with Crippen molar-refractivity contribution in [2.45, 2.75) is 31.7 Å². The van der Waals surface area contributed by atoms with E-state index >= 15 is 0 Å². The summed E-state index contributed by atoms with van der Waals surface area (Å²) in [5.41, 5.74) is 6.78. The minimum absolute atomic E-state index is 0.135. The Morgan fingerprint density at radius 2 is 2.00 bits per heavy atom. The fraction of sp³-hybridized carbons (Fsp3) is 0.538. The highest BCUT2D eigenvalue weighted by Crippen LogP contribution is 2.21. The van der Waals surface area contributed by atoms with E-state index in [1.165, 1.54) is 0 Å². The maximum atomic E-state index is 12.4. The molecule has 1 aromatic carbocycles. The van der Waals surface area contributed by atoms with Crippen LogP contribution in [-0.4, -0.2) is 28.2 Å². The largest absolute Gasteiger partial charge is 0.398 e. The Kier molecular flexibility index (Phi) is 5.34. The summed E-state index contributed by atoms with van der Waals surface area (Å²) in [7, 11) is -2.04. The van der Waals surface area contributed by atoms with E-state index in [2.05, 4.69) is 4.72 Å². The number of ether oxygens (including phenoxy) is 1. The van der Waals surface area contributed by atoms with E-state index in [4.69, 9.17) is 10.5 Å². The average Bonchev–Trinajstić information content (AvgIpc) is 2.31.